The van der Waals surface area contributed by atoms with E-state index in [0.29, 0.717) is 0 Å². The van der Waals surface area contributed by atoms with Crippen molar-refractivity contribution in [3.8, 4) is 0 Å². The summed E-state index contributed by atoms with van der Waals surface area (Å²) in [6, 6.07) is 0. The second-order valence-electron chi connectivity index (χ2n) is 2.36. The van der Waals surface area contributed by atoms with Crippen LogP contribution in [0.5, 0.6) is 0 Å². The van der Waals surface area contributed by atoms with Crippen LogP contribution in [0.2, 0.25) is 0 Å². The minimum Gasteiger partial charge on any atom is -1.00 e. The Morgan fingerprint density at radius 1 is 1.15 bits per heavy atom. The molecule has 0 aromatic heterocycles. The second kappa shape index (κ2) is 8.57. The van der Waals surface area contributed by atoms with Crippen LogP contribution in [0.3, 0.4) is 0 Å². The third-order valence-corrected chi connectivity index (χ3v) is 1.42. The number of carbonyl (C=O) groups excluding carboxylic acids is 1. The molecule has 7 heteroatoms. The molecule has 0 aliphatic rings. The summed E-state index contributed by atoms with van der Waals surface area (Å²) in [6.07, 6.45) is -6.84. The van der Waals surface area contributed by atoms with Gasteiger partial charge in [-0.3, -0.25) is 0 Å². The van der Waals surface area contributed by atoms with Crippen molar-refractivity contribution < 1.29 is 89.9 Å². The number of carbonyl (C=O) groups is 1. The van der Waals surface area contributed by atoms with Crippen LogP contribution in [0.25, 0.3) is 0 Å². The summed E-state index contributed by atoms with van der Waals surface area (Å²) in [7, 11) is 0. The minimum atomic E-state index is -1.79. The molecule has 13 heavy (non-hydrogen) atoms. The molecule has 0 rings (SSSR count). The molecule has 0 radical (unpaired) electrons. The zero-order chi connectivity index (χ0) is 9.72. The van der Waals surface area contributed by atoms with Crippen LogP contribution in [0.4, 0.5) is 0 Å². The van der Waals surface area contributed by atoms with E-state index < -0.39 is 31.0 Å². The van der Waals surface area contributed by atoms with Crippen LogP contribution in [0.15, 0.2) is 0 Å². The number of aliphatic hydroxyl groups is 5. The Morgan fingerprint density at radius 3 is 1.92 bits per heavy atom. The molecule has 74 valence electrons. The third kappa shape index (κ3) is 5.66. The first-order valence-electron chi connectivity index (χ1n) is 3.33. The van der Waals surface area contributed by atoms with E-state index in [-0.39, 0.29) is 65.9 Å². The smallest absolute Gasteiger partial charge is 1.00 e. The van der Waals surface area contributed by atoms with E-state index in [9.17, 15) is 4.79 Å². The molecule has 0 aromatic rings. The summed E-state index contributed by atoms with van der Waals surface area (Å²) in [4.78, 5) is 9.90. The molecule has 0 saturated heterocycles. The fourth-order valence-corrected chi connectivity index (χ4v) is 0.618. The molecule has 0 aliphatic carbocycles. The van der Waals surface area contributed by atoms with Crippen molar-refractivity contribution in [2.45, 2.75) is 24.4 Å². The minimum absolute atomic E-state index is 0. The van der Waals surface area contributed by atoms with Crippen LogP contribution in [0, 0.1) is 0 Å². The van der Waals surface area contributed by atoms with Crippen molar-refractivity contribution >= 4 is 6.29 Å². The molecule has 5 N–H and O–H groups in total. The number of aldehydes is 1. The van der Waals surface area contributed by atoms with Gasteiger partial charge in [0, 0.05) is 0 Å². The van der Waals surface area contributed by atoms with E-state index in [1.54, 1.807) is 0 Å². The largest absolute Gasteiger partial charge is 1.00 e. The zero-order valence-electron chi connectivity index (χ0n) is 8.24. The quantitative estimate of drug-likeness (QED) is 0.316. The van der Waals surface area contributed by atoms with Crippen molar-refractivity contribution in [2.24, 2.45) is 0 Å². The summed E-state index contributed by atoms with van der Waals surface area (Å²) in [6.45, 7) is -0.760. The first-order chi connectivity index (χ1) is 5.54. The molecule has 0 bridgehead atoms. The monoisotopic (exact) mass is 266 g/mol. The Bertz CT molecular complexity index is 148. The zero-order valence-corrected chi connectivity index (χ0v) is 12.2. The van der Waals surface area contributed by atoms with Gasteiger partial charge in [-0.05, 0) is 0 Å². The molecule has 6 nitrogen and oxygen atoms in total. The summed E-state index contributed by atoms with van der Waals surface area (Å²) < 4.78 is 0. The Morgan fingerprint density at radius 2 is 1.62 bits per heavy atom. The van der Waals surface area contributed by atoms with Gasteiger partial charge >= 0.3 is 58.2 Å². The van der Waals surface area contributed by atoms with Gasteiger partial charge in [0.25, 0.3) is 0 Å². The number of rotatable bonds is 5. The van der Waals surface area contributed by atoms with Crippen molar-refractivity contribution in [1.29, 1.82) is 0 Å². The number of hydrogen-bond acceptors (Lipinski definition) is 6. The van der Waals surface area contributed by atoms with Gasteiger partial charge in [-0.15, -0.1) is 0 Å². The molecular formula is C6H13O6Rb. The van der Waals surface area contributed by atoms with Crippen LogP contribution in [-0.4, -0.2) is 62.8 Å². The van der Waals surface area contributed by atoms with Crippen molar-refractivity contribution in [3.63, 3.8) is 0 Å². The Balaban J connectivity index is -0.000000605. The molecule has 0 aliphatic heterocycles. The van der Waals surface area contributed by atoms with Crippen molar-refractivity contribution in [2.75, 3.05) is 6.61 Å². The van der Waals surface area contributed by atoms with E-state index in [0.717, 1.165) is 0 Å². The molecule has 0 saturated carbocycles. The van der Waals surface area contributed by atoms with Crippen LogP contribution >= 0.6 is 0 Å². The average Bonchev–Trinajstić information content (AvgIpc) is 2.12. The Kier molecular flexibility index (Phi) is 11.0. The predicted molar refractivity (Wildman–Crippen MR) is 38.3 cm³/mol. The Labute approximate surface area is 125 Å². The topological polar surface area (TPSA) is 118 Å². The number of aliphatic hydroxyl groups excluding tert-OH is 5. The van der Waals surface area contributed by atoms with E-state index in [4.69, 9.17) is 25.5 Å². The van der Waals surface area contributed by atoms with Crippen LogP contribution < -0.4 is 58.2 Å². The van der Waals surface area contributed by atoms with Gasteiger partial charge in [0.15, 0.2) is 6.29 Å². The molecule has 0 amide bonds. The molecule has 0 spiro atoms. The molecule has 0 unspecified atom stereocenters. The fraction of sp³-hybridized carbons (Fsp3) is 0.833. The number of hydrogen-bond donors (Lipinski definition) is 5. The van der Waals surface area contributed by atoms with E-state index in [1.165, 1.54) is 0 Å². The third-order valence-electron chi connectivity index (χ3n) is 1.42. The summed E-state index contributed by atoms with van der Waals surface area (Å²) in [5, 5.41) is 43.5. The first-order valence-corrected chi connectivity index (χ1v) is 3.33. The van der Waals surface area contributed by atoms with E-state index in [2.05, 4.69) is 0 Å². The molecule has 4 atom stereocenters. The summed E-state index contributed by atoms with van der Waals surface area (Å²) in [5.41, 5.74) is 0. The van der Waals surface area contributed by atoms with Crippen LogP contribution in [-0.2, 0) is 4.79 Å². The van der Waals surface area contributed by atoms with Crippen molar-refractivity contribution in [3.05, 3.63) is 0 Å². The maximum atomic E-state index is 9.90. The maximum Gasteiger partial charge on any atom is 1.00 e. The van der Waals surface area contributed by atoms with Gasteiger partial charge in [-0.2, -0.15) is 0 Å². The Hall–Kier alpha value is 1.28. The van der Waals surface area contributed by atoms with E-state index >= 15 is 0 Å². The summed E-state index contributed by atoms with van der Waals surface area (Å²) >= 11 is 0. The molecular weight excluding hydrogens is 254 g/mol. The molecule has 0 heterocycles. The maximum absolute atomic E-state index is 9.90. The van der Waals surface area contributed by atoms with Gasteiger partial charge in [-0.1, -0.05) is 0 Å². The van der Waals surface area contributed by atoms with Crippen LogP contribution in [0.1, 0.15) is 1.43 Å². The van der Waals surface area contributed by atoms with Gasteiger partial charge in [-0.25, -0.2) is 0 Å². The van der Waals surface area contributed by atoms with Crippen molar-refractivity contribution in [1.82, 2.24) is 0 Å². The standard InChI is InChI=1S/C6H12O6.Rb.H/c7-1-3(9)5(11)6(12)4(10)2-8;;/h1,3-6,8-12H,2H2;;/q;+1;-1/t3-,4+,5+,6+;;/m0../s1. The normalized spacial score (nSPS) is 19.5. The van der Waals surface area contributed by atoms with Gasteiger partial charge in [0.1, 0.15) is 24.4 Å². The molecule has 0 fully saturated rings. The first kappa shape index (κ1) is 16.7. The van der Waals surface area contributed by atoms with E-state index in [1.807, 2.05) is 0 Å². The van der Waals surface area contributed by atoms with Gasteiger partial charge in [0.05, 0.1) is 6.61 Å². The predicted octanol–water partition coefficient (Wildman–Crippen LogP) is -6.26. The SMILES string of the molecule is O=C[C@H](O)[C@@H](O)[C@H](O)[C@H](O)CO.[H-].[Rb+]. The van der Waals surface area contributed by atoms with Gasteiger partial charge < -0.3 is 31.8 Å². The molecule has 0 aromatic carbocycles. The summed E-state index contributed by atoms with van der Waals surface area (Å²) in [5.74, 6) is 0. The average molecular weight is 267 g/mol. The van der Waals surface area contributed by atoms with Gasteiger partial charge in [0.2, 0.25) is 0 Å². The fourth-order valence-electron chi connectivity index (χ4n) is 0.618. The second-order valence-corrected chi connectivity index (χ2v) is 2.36.